The van der Waals surface area contributed by atoms with Crippen LogP contribution in [0.3, 0.4) is 0 Å². The maximum Gasteiger partial charge on any atom is 0.0619 e. The third kappa shape index (κ3) is 2.94. The molecule has 0 saturated heterocycles. The highest BCUT2D eigenvalue weighted by Gasteiger charge is 2.18. The van der Waals surface area contributed by atoms with Crippen molar-refractivity contribution in [2.75, 3.05) is 0 Å². The summed E-state index contributed by atoms with van der Waals surface area (Å²) < 4.78 is 2.45. The lowest BCUT2D eigenvalue weighted by Crippen LogP contribution is -1.99. The van der Waals surface area contributed by atoms with E-state index in [9.17, 15) is 0 Å². The average Bonchev–Trinajstić information content (AvgIpc) is 3.20. The number of rotatable bonds is 3. The Kier molecular flexibility index (Phi) is 4.40. The van der Waals surface area contributed by atoms with Crippen LogP contribution in [0.15, 0.2) is 121 Å². The Balaban J connectivity index is 1.78. The number of aromatic nitrogens is 1. The second-order valence-corrected chi connectivity index (χ2v) is 8.31. The van der Waals surface area contributed by atoms with Crippen LogP contribution in [0.5, 0.6) is 0 Å². The number of benzene rings is 5. The van der Waals surface area contributed by atoms with Crippen molar-refractivity contribution in [3.63, 3.8) is 0 Å². The second kappa shape index (κ2) is 7.55. The fourth-order valence-electron chi connectivity index (χ4n) is 4.81. The van der Waals surface area contributed by atoms with Crippen LogP contribution in [-0.2, 0) is 0 Å². The van der Waals surface area contributed by atoms with Gasteiger partial charge in [-0.25, -0.2) is 0 Å². The standard InChI is InChI=1S/C31H23N/c1-22-19-20-30(28(21-22)24-13-6-3-7-14-24)32-29-18-9-8-15-26(29)27-17-10-16-25(31(27)32)23-11-4-2-5-12-23/h2-21H,1H3. The molecule has 0 fully saturated rings. The molecule has 0 bridgehead atoms. The van der Waals surface area contributed by atoms with Crippen LogP contribution in [-0.4, -0.2) is 4.57 Å². The van der Waals surface area contributed by atoms with Crippen molar-refractivity contribution in [2.24, 2.45) is 0 Å². The number of fused-ring (bicyclic) bond motifs is 3. The van der Waals surface area contributed by atoms with E-state index in [0.717, 1.165) is 0 Å². The van der Waals surface area contributed by atoms with Gasteiger partial charge in [0.1, 0.15) is 0 Å². The maximum absolute atomic E-state index is 2.45. The molecule has 0 aliphatic heterocycles. The lowest BCUT2D eigenvalue weighted by molar-refractivity contribution is 1.18. The van der Waals surface area contributed by atoms with E-state index in [0.29, 0.717) is 0 Å². The molecule has 0 N–H and O–H groups in total. The first-order chi connectivity index (χ1) is 15.8. The molecule has 1 nitrogen and oxygen atoms in total. The molecule has 0 aliphatic carbocycles. The van der Waals surface area contributed by atoms with Crippen molar-refractivity contribution in [3.8, 4) is 27.9 Å². The molecular weight excluding hydrogens is 386 g/mol. The van der Waals surface area contributed by atoms with Gasteiger partial charge in [-0.2, -0.15) is 0 Å². The Labute approximate surface area is 188 Å². The Morgan fingerprint density at radius 3 is 1.88 bits per heavy atom. The zero-order valence-electron chi connectivity index (χ0n) is 18.0. The van der Waals surface area contributed by atoms with Gasteiger partial charge in [0.05, 0.1) is 16.7 Å². The predicted molar refractivity (Wildman–Crippen MR) is 136 cm³/mol. The van der Waals surface area contributed by atoms with E-state index < -0.39 is 0 Å². The van der Waals surface area contributed by atoms with E-state index in [1.54, 1.807) is 0 Å². The van der Waals surface area contributed by atoms with Crippen molar-refractivity contribution >= 4 is 21.8 Å². The molecule has 152 valence electrons. The molecule has 5 aromatic carbocycles. The quantitative estimate of drug-likeness (QED) is 0.276. The zero-order chi connectivity index (χ0) is 21.5. The van der Waals surface area contributed by atoms with E-state index in [2.05, 4.69) is 133 Å². The first-order valence-corrected chi connectivity index (χ1v) is 11.1. The van der Waals surface area contributed by atoms with Crippen molar-refractivity contribution in [1.82, 2.24) is 4.57 Å². The van der Waals surface area contributed by atoms with Crippen molar-refractivity contribution < 1.29 is 0 Å². The minimum Gasteiger partial charge on any atom is -0.308 e. The topological polar surface area (TPSA) is 4.93 Å². The molecule has 1 aromatic heterocycles. The summed E-state index contributed by atoms with van der Waals surface area (Å²) in [6.45, 7) is 2.16. The van der Waals surface area contributed by atoms with E-state index in [1.807, 2.05) is 0 Å². The van der Waals surface area contributed by atoms with Gasteiger partial charge in [0.2, 0.25) is 0 Å². The minimum atomic E-state index is 1.20. The Morgan fingerprint density at radius 2 is 1.12 bits per heavy atom. The fourth-order valence-corrected chi connectivity index (χ4v) is 4.81. The average molecular weight is 410 g/mol. The van der Waals surface area contributed by atoms with E-state index >= 15 is 0 Å². The summed E-state index contributed by atoms with van der Waals surface area (Å²) in [6, 6.07) is 43.6. The van der Waals surface area contributed by atoms with E-state index in [4.69, 9.17) is 0 Å². The summed E-state index contributed by atoms with van der Waals surface area (Å²) in [6.07, 6.45) is 0. The molecule has 0 amide bonds. The van der Waals surface area contributed by atoms with E-state index in [1.165, 1.54) is 55.3 Å². The summed E-state index contributed by atoms with van der Waals surface area (Å²) in [7, 11) is 0. The summed E-state index contributed by atoms with van der Waals surface area (Å²) in [5, 5.41) is 2.56. The van der Waals surface area contributed by atoms with Crippen LogP contribution >= 0.6 is 0 Å². The summed E-state index contributed by atoms with van der Waals surface area (Å²) in [4.78, 5) is 0. The highest BCUT2D eigenvalue weighted by Crippen LogP contribution is 2.40. The summed E-state index contributed by atoms with van der Waals surface area (Å²) in [5.74, 6) is 0. The second-order valence-electron chi connectivity index (χ2n) is 8.31. The van der Waals surface area contributed by atoms with Crippen LogP contribution in [0.4, 0.5) is 0 Å². The first-order valence-electron chi connectivity index (χ1n) is 11.1. The molecule has 0 radical (unpaired) electrons. The van der Waals surface area contributed by atoms with Gasteiger partial charge >= 0.3 is 0 Å². The molecule has 0 spiro atoms. The minimum absolute atomic E-state index is 1.20. The molecule has 32 heavy (non-hydrogen) atoms. The van der Waals surface area contributed by atoms with Crippen molar-refractivity contribution in [3.05, 3.63) is 127 Å². The molecule has 0 saturated carbocycles. The van der Waals surface area contributed by atoms with Gasteiger partial charge < -0.3 is 4.57 Å². The molecule has 6 rings (SSSR count). The van der Waals surface area contributed by atoms with Gasteiger partial charge in [0.15, 0.2) is 0 Å². The maximum atomic E-state index is 2.45. The largest absolute Gasteiger partial charge is 0.308 e. The lowest BCUT2D eigenvalue weighted by Gasteiger charge is -2.16. The van der Waals surface area contributed by atoms with Gasteiger partial charge in [0, 0.05) is 21.9 Å². The number of hydrogen-bond acceptors (Lipinski definition) is 0. The molecule has 0 aliphatic rings. The van der Waals surface area contributed by atoms with Crippen molar-refractivity contribution in [2.45, 2.75) is 6.92 Å². The van der Waals surface area contributed by atoms with Crippen LogP contribution in [0.25, 0.3) is 49.7 Å². The number of para-hydroxylation sites is 2. The number of nitrogens with zero attached hydrogens (tertiary/aromatic N) is 1. The van der Waals surface area contributed by atoms with Crippen LogP contribution < -0.4 is 0 Å². The third-order valence-electron chi connectivity index (χ3n) is 6.26. The Hall–Kier alpha value is -4.10. The smallest absolute Gasteiger partial charge is 0.0619 e. The predicted octanol–water partition coefficient (Wildman–Crippen LogP) is 8.43. The Bertz CT molecular complexity index is 1560. The Morgan fingerprint density at radius 1 is 0.500 bits per heavy atom. The molecular formula is C31H23N. The molecule has 0 unspecified atom stereocenters. The molecule has 0 atom stereocenters. The first kappa shape index (κ1) is 18.7. The van der Waals surface area contributed by atoms with Crippen LogP contribution in [0.1, 0.15) is 5.56 Å². The normalized spacial score (nSPS) is 11.3. The van der Waals surface area contributed by atoms with Gasteiger partial charge in [-0.15, -0.1) is 0 Å². The monoisotopic (exact) mass is 409 g/mol. The number of hydrogen-bond donors (Lipinski definition) is 0. The van der Waals surface area contributed by atoms with E-state index in [-0.39, 0.29) is 0 Å². The lowest BCUT2D eigenvalue weighted by atomic mass is 10.00. The molecule has 1 heteroatoms. The van der Waals surface area contributed by atoms with Crippen LogP contribution in [0.2, 0.25) is 0 Å². The highest BCUT2D eigenvalue weighted by atomic mass is 15.0. The van der Waals surface area contributed by atoms with Crippen LogP contribution in [0, 0.1) is 6.92 Å². The summed E-state index contributed by atoms with van der Waals surface area (Å²) in [5.41, 5.74) is 9.90. The van der Waals surface area contributed by atoms with Gasteiger partial charge in [-0.05, 0) is 36.2 Å². The van der Waals surface area contributed by atoms with Gasteiger partial charge in [-0.3, -0.25) is 0 Å². The molecule has 1 heterocycles. The number of aryl methyl sites for hydroxylation is 1. The third-order valence-corrected chi connectivity index (χ3v) is 6.26. The summed E-state index contributed by atoms with van der Waals surface area (Å²) >= 11 is 0. The molecule has 6 aromatic rings. The fraction of sp³-hybridized carbons (Fsp3) is 0.0323. The van der Waals surface area contributed by atoms with Gasteiger partial charge in [0.25, 0.3) is 0 Å². The van der Waals surface area contributed by atoms with Gasteiger partial charge in [-0.1, -0.05) is 109 Å². The highest BCUT2D eigenvalue weighted by molar-refractivity contribution is 6.14. The SMILES string of the molecule is Cc1ccc(-n2c3ccccc3c3cccc(-c4ccccc4)c32)c(-c2ccccc2)c1. The van der Waals surface area contributed by atoms with Crippen molar-refractivity contribution in [1.29, 1.82) is 0 Å². The zero-order valence-corrected chi connectivity index (χ0v) is 18.0.